The van der Waals surface area contributed by atoms with Crippen molar-refractivity contribution in [2.24, 2.45) is 11.8 Å². The number of carboxylic acids is 1. The average Bonchev–Trinajstić information content (AvgIpc) is 3.16. The summed E-state index contributed by atoms with van der Waals surface area (Å²) in [4.78, 5) is 26.8. The molecule has 3 aliphatic rings. The number of carboxylic acid groups (broad SMARTS) is 1. The number of carbonyl (C=O) groups excluding carboxylic acids is 1. The lowest BCUT2D eigenvalue weighted by atomic mass is 9.74. The molecule has 1 aromatic carbocycles. The van der Waals surface area contributed by atoms with E-state index in [1.165, 1.54) is 0 Å². The van der Waals surface area contributed by atoms with Gasteiger partial charge < -0.3 is 14.7 Å². The van der Waals surface area contributed by atoms with Gasteiger partial charge in [-0.15, -0.1) is 6.58 Å². The third-order valence-corrected chi connectivity index (χ3v) is 5.53. The Morgan fingerprint density at radius 1 is 1.44 bits per heavy atom. The van der Waals surface area contributed by atoms with Crippen molar-refractivity contribution >= 4 is 17.6 Å². The monoisotopic (exact) mass is 339 g/mol. The molecule has 3 aliphatic heterocycles. The summed E-state index contributed by atoms with van der Waals surface area (Å²) in [6, 6.07) is 7.44. The fourth-order valence-electron chi connectivity index (χ4n) is 4.60. The number of ether oxygens (including phenoxy) is 1. The minimum absolute atomic E-state index is 0.170. The molecule has 0 radical (unpaired) electrons. The molecule has 25 heavy (non-hydrogen) atoms. The molecule has 3 heterocycles. The van der Waals surface area contributed by atoms with Crippen LogP contribution in [0.3, 0.4) is 0 Å². The van der Waals surface area contributed by atoms with E-state index in [-0.39, 0.29) is 11.9 Å². The van der Waals surface area contributed by atoms with Crippen LogP contribution in [0, 0.1) is 18.8 Å². The second kappa shape index (κ2) is 5.30. The quantitative estimate of drug-likeness (QED) is 0.857. The zero-order valence-electron chi connectivity index (χ0n) is 14.3. The van der Waals surface area contributed by atoms with E-state index in [9.17, 15) is 14.7 Å². The van der Waals surface area contributed by atoms with Crippen LogP contribution in [0.4, 0.5) is 5.69 Å². The zero-order valence-corrected chi connectivity index (χ0v) is 14.3. The molecule has 5 atom stereocenters. The number of aryl methyl sites for hydroxylation is 1. The number of aliphatic carboxylic acids is 1. The van der Waals surface area contributed by atoms with E-state index in [2.05, 4.69) is 6.58 Å². The van der Waals surface area contributed by atoms with Crippen LogP contribution >= 0.6 is 0 Å². The summed E-state index contributed by atoms with van der Waals surface area (Å²) >= 11 is 0. The van der Waals surface area contributed by atoms with Crippen LogP contribution < -0.4 is 4.90 Å². The maximum Gasteiger partial charge on any atom is 0.310 e. The number of nitrogens with zero attached hydrogens (tertiary/aromatic N) is 1. The molecule has 1 spiro atoms. The number of hydrogen-bond donors (Lipinski definition) is 1. The summed E-state index contributed by atoms with van der Waals surface area (Å²) in [6.07, 6.45) is 3.75. The molecular formula is C20H21NO4. The van der Waals surface area contributed by atoms with Crippen LogP contribution in [-0.2, 0) is 14.3 Å². The SMILES string of the molecule is C=C(C)C[C@H]1N(c2cccc(C)c2)C(=O)[C@H]2[C@@H](C(=O)O)[C@@H]3C=C[C@@]21O3. The predicted molar refractivity (Wildman–Crippen MR) is 93.2 cm³/mol. The normalized spacial score (nSPS) is 35.3. The van der Waals surface area contributed by atoms with Crippen LogP contribution in [0.2, 0.25) is 0 Å². The average molecular weight is 339 g/mol. The first-order valence-corrected chi connectivity index (χ1v) is 8.49. The summed E-state index contributed by atoms with van der Waals surface area (Å²) in [6.45, 7) is 7.89. The van der Waals surface area contributed by atoms with E-state index in [1.54, 1.807) is 11.0 Å². The van der Waals surface area contributed by atoms with E-state index < -0.39 is 29.5 Å². The van der Waals surface area contributed by atoms with E-state index in [1.807, 2.05) is 44.2 Å². The minimum atomic E-state index is -0.977. The largest absolute Gasteiger partial charge is 0.481 e. The van der Waals surface area contributed by atoms with Gasteiger partial charge in [-0.05, 0) is 38.0 Å². The number of anilines is 1. The topological polar surface area (TPSA) is 66.8 Å². The maximum absolute atomic E-state index is 13.3. The lowest BCUT2D eigenvalue weighted by Gasteiger charge is -2.33. The molecule has 0 unspecified atom stereocenters. The van der Waals surface area contributed by atoms with Gasteiger partial charge in [0.1, 0.15) is 11.5 Å². The van der Waals surface area contributed by atoms with Crippen molar-refractivity contribution in [1.29, 1.82) is 0 Å². The first-order chi connectivity index (χ1) is 11.8. The molecular weight excluding hydrogens is 318 g/mol. The van der Waals surface area contributed by atoms with E-state index in [4.69, 9.17) is 4.74 Å². The van der Waals surface area contributed by atoms with Gasteiger partial charge in [-0.25, -0.2) is 0 Å². The molecule has 4 rings (SSSR count). The molecule has 2 saturated heterocycles. The van der Waals surface area contributed by atoms with E-state index in [0.717, 1.165) is 16.8 Å². The summed E-state index contributed by atoms with van der Waals surface area (Å²) in [5, 5.41) is 9.66. The summed E-state index contributed by atoms with van der Waals surface area (Å²) < 4.78 is 6.13. The fourth-order valence-corrected chi connectivity index (χ4v) is 4.60. The van der Waals surface area contributed by atoms with Gasteiger partial charge in [0.25, 0.3) is 0 Å². The fraction of sp³-hybridized carbons (Fsp3) is 0.400. The molecule has 130 valence electrons. The lowest BCUT2D eigenvalue weighted by Crippen LogP contribution is -2.45. The van der Waals surface area contributed by atoms with Gasteiger partial charge >= 0.3 is 5.97 Å². The number of hydrogen-bond acceptors (Lipinski definition) is 3. The summed E-state index contributed by atoms with van der Waals surface area (Å²) in [5.41, 5.74) is 1.88. The molecule has 1 amide bonds. The third-order valence-electron chi connectivity index (χ3n) is 5.53. The van der Waals surface area contributed by atoms with Crippen molar-refractivity contribution in [3.63, 3.8) is 0 Å². The van der Waals surface area contributed by atoms with E-state index in [0.29, 0.717) is 6.42 Å². The highest BCUT2D eigenvalue weighted by atomic mass is 16.5. The van der Waals surface area contributed by atoms with Crippen molar-refractivity contribution in [3.8, 4) is 0 Å². The number of carbonyl (C=O) groups is 2. The van der Waals surface area contributed by atoms with Crippen molar-refractivity contribution in [2.75, 3.05) is 4.90 Å². The number of rotatable bonds is 4. The first kappa shape index (κ1) is 16.1. The van der Waals surface area contributed by atoms with Crippen molar-refractivity contribution in [3.05, 3.63) is 54.1 Å². The Morgan fingerprint density at radius 3 is 2.84 bits per heavy atom. The third kappa shape index (κ3) is 2.12. The number of benzene rings is 1. The van der Waals surface area contributed by atoms with Gasteiger partial charge in [-0.1, -0.05) is 29.9 Å². The second-order valence-electron chi connectivity index (χ2n) is 7.36. The molecule has 5 nitrogen and oxygen atoms in total. The van der Waals surface area contributed by atoms with Crippen LogP contribution in [0.25, 0.3) is 0 Å². The molecule has 0 aliphatic carbocycles. The Hall–Kier alpha value is -2.40. The highest BCUT2D eigenvalue weighted by molar-refractivity contribution is 6.03. The van der Waals surface area contributed by atoms with Gasteiger partial charge in [0, 0.05) is 5.69 Å². The van der Waals surface area contributed by atoms with Crippen molar-refractivity contribution < 1.29 is 19.4 Å². The Morgan fingerprint density at radius 2 is 2.20 bits per heavy atom. The Bertz CT molecular complexity index is 814. The first-order valence-electron chi connectivity index (χ1n) is 8.49. The Balaban J connectivity index is 1.85. The Kier molecular flexibility index (Phi) is 3.41. The molecule has 0 saturated carbocycles. The van der Waals surface area contributed by atoms with Gasteiger partial charge in [0.05, 0.1) is 18.1 Å². The van der Waals surface area contributed by atoms with Crippen LogP contribution in [0.1, 0.15) is 18.9 Å². The zero-order chi connectivity index (χ0) is 17.9. The molecule has 1 N–H and O–H groups in total. The highest BCUT2D eigenvalue weighted by Crippen LogP contribution is 2.56. The van der Waals surface area contributed by atoms with Gasteiger partial charge in [0.15, 0.2) is 0 Å². The van der Waals surface area contributed by atoms with Crippen LogP contribution in [0.5, 0.6) is 0 Å². The van der Waals surface area contributed by atoms with Gasteiger partial charge in [0.2, 0.25) is 5.91 Å². The van der Waals surface area contributed by atoms with Crippen molar-refractivity contribution in [2.45, 2.75) is 38.0 Å². The number of amides is 1. The van der Waals surface area contributed by atoms with Crippen LogP contribution in [-0.4, -0.2) is 34.7 Å². The standard InChI is InChI=1S/C20H21NO4/c1-11(2)9-15-20-8-7-14(25-20)16(19(23)24)17(20)18(22)21(15)13-6-4-5-12(3)10-13/h4-8,10,14-17H,1,9H2,2-3H3,(H,23,24)/t14-,15+,16-,17+,20-/m0/s1. The maximum atomic E-state index is 13.3. The second-order valence-corrected chi connectivity index (χ2v) is 7.36. The summed E-state index contributed by atoms with van der Waals surface area (Å²) in [7, 11) is 0. The molecule has 2 bridgehead atoms. The van der Waals surface area contributed by atoms with E-state index >= 15 is 0 Å². The minimum Gasteiger partial charge on any atom is -0.481 e. The molecule has 2 fully saturated rings. The highest BCUT2D eigenvalue weighted by Gasteiger charge is 2.71. The van der Waals surface area contributed by atoms with Gasteiger partial charge in [-0.2, -0.15) is 0 Å². The molecule has 5 heteroatoms. The predicted octanol–water partition coefficient (Wildman–Crippen LogP) is 2.70. The van der Waals surface area contributed by atoms with Crippen LogP contribution in [0.15, 0.2) is 48.6 Å². The van der Waals surface area contributed by atoms with Gasteiger partial charge in [-0.3, -0.25) is 9.59 Å². The molecule has 0 aromatic heterocycles. The lowest BCUT2D eigenvalue weighted by molar-refractivity contribution is -0.146. The number of fused-ring (bicyclic) bond motifs is 1. The molecule has 1 aromatic rings. The summed E-state index contributed by atoms with van der Waals surface area (Å²) in [5.74, 6) is -2.67. The smallest absolute Gasteiger partial charge is 0.310 e. The Labute approximate surface area is 146 Å². The van der Waals surface area contributed by atoms with Crippen molar-refractivity contribution in [1.82, 2.24) is 0 Å².